The third-order valence-corrected chi connectivity index (χ3v) is 6.24. The number of aryl methyl sites for hydroxylation is 1. The van der Waals surface area contributed by atoms with E-state index < -0.39 is 52.5 Å². The number of hydrogen-bond acceptors (Lipinski definition) is 8. The van der Waals surface area contributed by atoms with E-state index in [2.05, 4.69) is 4.98 Å². The SMILES string of the molecule is Cc1cn([C@@H]2O[C@H](CO)[C@@](CO)([N+](=O)[O-])[C@H]2Sc2ccccc2)c(=O)[nH]c1=O. The minimum absolute atomic E-state index is 0.217. The van der Waals surface area contributed by atoms with Crippen molar-refractivity contribution in [2.24, 2.45) is 0 Å². The van der Waals surface area contributed by atoms with Crippen LogP contribution in [-0.4, -0.2) is 54.8 Å². The van der Waals surface area contributed by atoms with Gasteiger partial charge < -0.3 is 14.9 Å². The summed E-state index contributed by atoms with van der Waals surface area (Å²) >= 11 is 1.06. The average molecular weight is 409 g/mol. The molecule has 0 bridgehead atoms. The van der Waals surface area contributed by atoms with E-state index in [1.807, 2.05) is 0 Å². The number of benzene rings is 1. The minimum Gasteiger partial charge on any atom is -0.393 e. The van der Waals surface area contributed by atoms with Crippen LogP contribution in [0.5, 0.6) is 0 Å². The van der Waals surface area contributed by atoms with Crippen molar-refractivity contribution >= 4 is 11.8 Å². The van der Waals surface area contributed by atoms with Gasteiger partial charge in [0.25, 0.3) is 11.1 Å². The zero-order valence-corrected chi connectivity index (χ0v) is 15.7. The number of aliphatic hydroxyl groups is 2. The number of aromatic amines is 1. The Morgan fingerprint density at radius 2 is 2.00 bits per heavy atom. The lowest BCUT2D eigenvalue weighted by atomic mass is 9.92. The second-order valence-electron chi connectivity index (χ2n) is 6.43. The second-order valence-corrected chi connectivity index (χ2v) is 7.65. The minimum atomic E-state index is -2.05. The summed E-state index contributed by atoms with van der Waals surface area (Å²) in [5, 5.41) is 30.6. The molecule has 11 heteroatoms. The van der Waals surface area contributed by atoms with Crippen LogP contribution in [0.1, 0.15) is 11.8 Å². The molecule has 1 aliphatic rings. The van der Waals surface area contributed by atoms with Gasteiger partial charge in [0.1, 0.15) is 11.9 Å². The van der Waals surface area contributed by atoms with Gasteiger partial charge in [0, 0.05) is 21.6 Å². The van der Waals surface area contributed by atoms with Crippen LogP contribution in [0.15, 0.2) is 51.0 Å². The van der Waals surface area contributed by atoms with E-state index in [-0.39, 0.29) is 5.56 Å². The molecule has 3 rings (SSSR count). The number of nitro groups is 1. The van der Waals surface area contributed by atoms with Crippen molar-refractivity contribution in [3.8, 4) is 0 Å². The van der Waals surface area contributed by atoms with Crippen LogP contribution in [-0.2, 0) is 4.74 Å². The third kappa shape index (κ3) is 3.26. The molecule has 0 spiro atoms. The molecule has 4 atom stereocenters. The fourth-order valence-electron chi connectivity index (χ4n) is 3.25. The average Bonchev–Trinajstić information content (AvgIpc) is 2.99. The summed E-state index contributed by atoms with van der Waals surface area (Å²) in [4.78, 5) is 38.2. The molecule has 0 unspecified atom stereocenters. The van der Waals surface area contributed by atoms with Gasteiger partial charge in [-0.15, -0.1) is 11.8 Å². The molecule has 10 nitrogen and oxygen atoms in total. The Kier molecular flexibility index (Phi) is 5.70. The van der Waals surface area contributed by atoms with Crippen LogP contribution in [0.25, 0.3) is 0 Å². The van der Waals surface area contributed by atoms with Gasteiger partial charge in [0.15, 0.2) is 12.3 Å². The van der Waals surface area contributed by atoms with Crippen LogP contribution in [0.4, 0.5) is 0 Å². The Hall–Kier alpha value is -2.47. The smallest absolute Gasteiger partial charge is 0.330 e. The van der Waals surface area contributed by atoms with E-state index in [0.717, 1.165) is 16.3 Å². The Morgan fingerprint density at radius 1 is 1.32 bits per heavy atom. The van der Waals surface area contributed by atoms with Gasteiger partial charge in [-0.1, -0.05) is 18.2 Å². The number of aromatic nitrogens is 2. The highest BCUT2D eigenvalue weighted by Gasteiger charge is 2.67. The maximum atomic E-state index is 12.4. The van der Waals surface area contributed by atoms with Gasteiger partial charge in [-0.2, -0.15) is 0 Å². The second kappa shape index (κ2) is 7.87. The zero-order valence-electron chi connectivity index (χ0n) is 14.8. The number of thioether (sulfide) groups is 1. The Labute approximate surface area is 162 Å². The van der Waals surface area contributed by atoms with Gasteiger partial charge in [-0.05, 0) is 19.1 Å². The normalized spacial score (nSPS) is 27.0. The molecule has 0 radical (unpaired) electrons. The highest BCUT2D eigenvalue weighted by molar-refractivity contribution is 8.00. The van der Waals surface area contributed by atoms with Crippen molar-refractivity contribution in [3.05, 3.63) is 73.0 Å². The molecule has 3 N–H and O–H groups in total. The molecule has 0 aliphatic carbocycles. The molecule has 2 heterocycles. The van der Waals surface area contributed by atoms with Crippen molar-refractivity contribution < 1.29 is 19.9 Å². The number of aliphatic hydroxyl groups excluding tert-OH is 2. The van der Waals surface area contributed by atoms with Crippen molar-refractivity contribution in [2.45, 2.75) is 34.9 Å². The molecule has 28 heavy (non-hydrogen) atoms. The van der Waals surface area contributed by atoms with Crippen LogP contribution >= 0.6 is 11.8 Å². The summed E-state index contributed by atoms with van der Waals surface area (Å²) in [5.41, 5.74) is -3.21. The van der Waals surface area contributed by atoms with Crippen molar-refractivity contribution in [2.75, 3.05) is 13.2 Å². The number of nitrogens with zero attached hydrogens (tertiary/aromatic N) is 2. The van der Waals surface area contributed by atoms with E-state index in [4.69, 9.17) is 4.74 Å². The lowest BCUT2D eigenvalue weighted by Crippen LogP contribution is -2.57. The first-order valence-corrected chi connectivity index (χ1v) is 9.28. The molecule has 1 saturated heterocycles. The zero-order chi connectivity index (χ0) is 20.5. The largest absolute Gasteiger partial charge is 0.393 e. The Morgan fingerprint density at radius 3 is 2.57 bits per heavy atom. The number of ether oxygens (including phenoxy) is 1. The summed E-state index contributed by atoms with van der Waals surface area (Å²) in [7, 11) is 0. The first-order chi connectivity index (χ1) is 13.3. The quantitative estimate of drug-likeness (QED) is 0.443. The van der Waals surface area contributed by atoms with E-state index in [0.29, 0.717) is 4.90 Å². The van der Waals surface area contributed by atoms with Crippen LogP contribution in [0.2, 0.25) is 0 Å². The number of H-pyrrole nitrogens is 1. The fourth-order valence-corrected chi connectivity index (χ4v) is 4.69. The first-order valence-electron chi connectivity index (χ1n) is 8.40. The predicted octanol–water partition coefficient (Wildman–Crippen LogP) is -0.0966. The van der Waals surface area contributed by atoms with E-state index in [9.17, 15) is 29.9 Å². The van der Waals surface area contributed by atoms with Crippen molar-refractivity contribution in [1.82, 2.24) is 9.55 Å². The molecule has 2 aromatic rings. The third-order valence-electron chi connectivity index (χ3n) is 4.80. The molecule has 1 aromatic heterocycles. The molecule has 150 valence electrons. The summed E-state index contributed by atoms with van der Waals surface area (Å²) in [6, 6.07) is 8.75. The molecule has 1 aliphatic heterocycles. The molecule has 0 amide bonds. The van der Waals surface area contributed by atoms with Gasteiger partial charge in [0.2, 0.25) is 0 Å². The number of rotatable bonds is 6. The molecular formula is C17H19N3O7S. The topological polar surface area (TPSA) is 148 Å². The van der Waals surface area contributed by atoms with Crippen molar-refractivity contribution in [3.63, 3.8) is 0 Å². The van der Waals surface area contributed by atoms with E-state index >= 15 is 0 Å². The molecular weight excluding hydrogens is 390 g/mol. The standard InChI is InChI=1S/C17H19N3O7S/c1-10-7-19(16(24)18-14(10)23)15-13(28-11-5-3-2-4-6-11)17(9-22,20(25)26)12(8-21)27-15/h2-7,12-13,15,21-22H,8-9H2,1H3,(H,18,23,24)/t12-,13+,15-,17-/m1/s1. The molecule has 0 saturated carbocycles. The maximum Gasteiger partial charge on any atom is 0.330 e. The molecule has 1 fully saturated rings. The van der Waals surface area contributed by atoms with Crippen molar-refractivity contribution in [1.29, 1.82) is 0 Å². The maximum absolute atomic E-state index is 12.4. The van der Waals surface area contributed by atoms with E-state index in [1.54, 1.807) is 30.3 Å². The first kappa shape index (κ1) is 20.3. The Balaban J connectivity index is 2.17. The van der Waals surface area contributed by atoms with E-state index in [1.165, 1.54) is 13.1 Å². The summed E-state index contributed by atoms with van der Waals surface area (Å²) in [6.45, 7) is -0.135. The summed E-state index contributed by atoms with van der Waals surface area (Å²) in [6.07, 6.45) is -1.28. The Bertz CT molecular complexity index is 977. The fraction of sp³-hybridized carbons (Fsp3) is 0.412. The highest BCUT2D eigenvalue weighted by atomic mass is 32.2. The van der Waals surface area contributed by atoms with Gasteiger partial charge >= 0.3 is 5.69 Å². The number of nitrogens with one attached hydrogen (secondary N) is 1. The van der Waals surface area contributed by atoms with Crippen LogP contribution in [0.3, 0.4) is 0 Å². The van der Waals surface area contributed by atoms with Gasteiger partial charge in [-0.3, -0.25) is 24.5 Å². The highest BCUT2D eigenvalue weighted by Crippen LogP contribution is 2.47. The lowest BCUT2D eigenvalue weighted by Gasteiger charge is -2.28. The van der Waals surface area contributed by atoms with Gasteiger partial charge in [0.05, 0.1) is 6.61 Å². The molecule has 1 aromatic carbocycles. The monoisotopic (exact) mass is 409 g/mol. The predicted molar refractivity (Wildman–Crippen MR) is 100.0 cm³/mol. The lowest BCUT2D eigenvalue weighted by molar-refractivity contribution is -0.578. The summed E-state index contributed by atoms with van der Waals surface area (Å²) < 4.78 is 6.75. The summed E-state index contributed by atoms with van der Waals surface area (Å²) in [5.74, 6) is 0. The van der Waals surface area contributed by atoms with Gasteiger partial charge in [-0.25, -0.2) is 4.79 Å². The number of hydrogen-bond donors (Lipinski definition) is 3. The van der Waals surface area contributed by atoms with Crippen LogP contribution in [0, 0.1) is 17.0 Å². The van der Waals surface area contributed by atoms with Crippen LogP contribution < -0.4 is 11.2 Å².